The molecule has 0 bridgehead atoms. The number of hydrogen-bond donors (Lipinski definition) is 1. The molecule has 0 aromatic heterocycles. The van der Waals surface area contributed by atoms with Crippen molar-refractivity contribution >= 4 is 17.6 Å². The van der Waals surface area contributed by atoms with E-state index in [4.69, 9.17) is 16.3 Å². The van der Waals surface area contributed by atoms with Gasteiger partial charge in [-0.05, 0) is 6.92 Å². The second-order valence-corrected chi connectivity index (χ2v) is 2.78. The predicted octanol–water partition coefficient (Wildman–Crippen LogP) is 1.28. The second kappa shape index (κ2) is 7.13. The number of esters is 1. The molecule has 0 aliphatic rings. The van der Waals surface area contributed by atoms with Crippen LogP contribution >= 0.6 is 11.6 Å². The minimum Gasteiger partial charge on any atom is -0.466 e. The fourth-order valence-corrected chi connectivity index (χ4v) is 0.742. The Hall–Kier alpha value is -0.540. The van der Waals surface area contributed by atoms with E-state index >= 15 is 0 Å². The lowest BCUT2D eigenvalue weighted by Crippen LogP contribution is -2.20. The highest BCUT2D eigenvalue weighted by molar-refractivity contribution is 6.29. The van der Waals surface area contributed by atoms with Crippen LogP contribution in [0.25, 0.3) is 0 Å². The van der Waals surface area contributed by atoms with E-state index in [9.17, 15) is 4.79 Å². The fourth-order valence-electron chi connectivity index (χ4n) is 0.648. The van der Waals surface area contributed by atoms with Gasteiger partial charge >= 0.3 is 5.97 Å². The highest BCUT2D eigenvalue weighted by atomic mass is 35.5. The summed E-state index contributed by atoms with van der Waals surface area (Å²) in [5.74, 6) is -0.190. The van der Waals surface area contributed by atoms with Crippen LogP contribution in [0.1, 0.15) is 13.3 Å². The Kier molecular flexibility index (Phi) is 6.81. The fraction of sp³-hybridized carbons (Fsp3) is 0.625. The first-order valence-electron chi connectivity index (χ1n) is 3.86. The molecule has 0 spiro atoms. The Morgan fingerprint density at radius 2 is 2.33 bits per heavy atom. The standard InChI is InChI=1S/C8H14ClNO2/c1-3-12-8(11)4-5-10-6-7(2)9/h10H,2-6H2,1H3. The summed E-state index contributed by atoms with van der Waals surface area (Å²) in [5, 5.41) is 3.48. The maximum Gasteiger partial charge on any atom is 0.307 e. The van der Waals surface area contributed by atoms with Crippen molar-refractivity contribution in [3.63, 3.8) is 0 Å². The molecule has 0 radical (unpaired) electrons. The van der Waals surface area contributed by atoms with Crippen molar-refractivity contribution in [3.8, 4) is 0 Å². The number of hydrogen-bond acceptors (Lipinski definition) is 3. The maximum absolute atomic E-state index is 10.8. The molecule has 0 rings (SSSR count). The van der Waals surface area contributed by atoms with Gasteiger partial charge < -0.3 is 10.1 Å². The molecule has 0 fully saturated rings. The molecular weight excluding hydrogens is 178 g/mol. The average Bonchev–Trinajstić information content (AvgIpc) is 1.98. The van der Waals surface area contributed by atoms with E-state index in [1.807, 2.05) is 0 Å². The number of carbonyl (C=O) groups is 1. The summed E-state index contributed by atoms with van der Waals surface area (Å²) in [6.45, 7) is 6.81. The molecule has 0 saturated heterocycles. The first-order valence-corrected chi connectivity index (χ1v) is 4.24. The maximum atomic E-state index is 10.8. The van der Waals surface area contributed by atoms with Crippen molar-refractivity contribution in [2.45, 2.75) is 13.3 Å². The predicted molar refractivity (Wildman–Crippen MR) is 49.1 cm³/mol. The van der Waals surface area contributed by atoms with Crippen molar-refractivity contribution in [1.29, 1.82) is 0 Å². The number of ether oxygens (including phenoxy) is 1. The van der Waals surface area contributed by atoms with Crippen molar-refractivity contribution in [2.24, 2.45) is 0 Å². The SMILES string of the molecule is C=C(Cl)CNCCC(=O)OCC. The van der Waals surface area contributed by atoms with E-state index in [0.717, 1.165) is 0 Å². The molecule has 12 heavy (non-hydrogen) atoms. The van der Waals surface area contributed by atoms with E-state index in [2.05, 4.69) is 11.9 Å². The Morgan fingerprint density at radius 3 is 2.83 bits per heavy atom. The van der Waals surface area contributed by atoms with Crippen LogP contribution < -0.4 is 5.32 Å². The van der Waals surface area contributed by atoms with E-state index in [1.54, 1.807) is 6.92 Å². The van der Waals surface area contributed by atoms with Gasteiger partial charge in [0.1, 0.15) is 0 Å². The number of nitrogens with one attached hydrogen (secondary N) is 1. The first kappa shape index (κ1) is 11.5. The van der Waals surface area contributed by atoms with Gasteiger partial charge in [0.2, 0.25) is 0 Å². The zero-order valence-electron chi connectivity index (χ0n) is 7.23. The van der Waals surface area contributed by atoms with Gasteiger partial charge in [-0.3, -0.25) is 4.79 Å². The van der Waals surface area contributed by atoms with Crippen LogP contribution in [0.3, 0.4) is 0 Å². The zero-order valence-corrected chi connectivity index (χ0v) is 7.99. The summed E-state index contributed by atoms with van der Waals surface area (Å²) < 4.78 is 4.71. The third-order valence-electron chi connectivity index (χ3n) is 1.13. The molecule has 3 nitrogen and oxygen atoms in total. The Balaban J connectivity index is 3.19. The first-order chi connectivity index (χ1) is 5.66. The average molecular weight is 192 g/mol. The minimum absolute atomic E-state index is 0.190. The number of rotatable bonds is 6. The lowest BCUT2D eigenvalue weighted by atomic mass is 10.4. The van der Waals surface area contributed by atoms with Crippen molar-refractivity contribution in [2.75, 3.05) is 19.7 Å². The molecule has 4 heteroatoms. The van der Waals surface area contributed by atoms with Gasteiger partial charge in [0.15, 0.2) is 0 Å². The summed E-state index contributed by atoms with van der Waals surface area (Å²) in [6, 6.07) is 0. The van der Waals surface area contributed by atoms with E-state index in [0.29, 0.717) is 31.1 Å². The van der Waals surface area contributed by atoms with Crippen LogP contribution in [-0.4, -0.2) is 25.7 Å². The van der Waals surface area contributed by atoms with Crippen LogP contribution in [-0.2, 0) is 9.53 Å². The van der Waals surface area contributed by atoms with Crippen molar-refractivity contribution in [3.05, 3.63) is 11.6 Å². The number of carbonyl (C=O) groups excluding carboxylic acids is 1. The second-order valence-electron chi connectivity index (χ2n) is 2.25. The molecule has 0 amide bonds. The minimum atomic E-state index is -0.190. The van der Waals surface area contributed by atoms with E-state index in [-0.39, 0.29) is 5.97 Å². The quantitative estimate of drug-likeness (QED) is 0.508. The lowest BCUT2D eigenvalue weighted by Gasteiger charge is -2.02. The largest absolute Gasteiger partial charge is 0.466 e. The summed E-state index contributed by atoms with van der Waals surface area (Å²) in [7, 11) is 0. The zero-order chi connectivity index (χ0) is 9.40. The highest BCUT2D eigenvalue weighted by Gasteiger charge is 1.99. The summed E-state index contributed by atoms with van der Waals surface area (Å²) in [6.07, 6.45) is 0.373. The third-order valence-corrected chi connectivity index (χ3v) is 1.26. The topological polar surface area (TPSA) is 38.3 Å². The Bertz CT molecular complexity index is 159. The van der Waals surface area contributed by atoms with Gasteiger partial charge in [-0.25, -0.2) is 0 Å². The molecule has 70 valence electrons. The Labute approximate surface area is 77.7 Å². The molecule has 0 unspecified atom stereocenters. The van der Waals surface area contributed by atoms with Crippen LogP contribution in [0.4, 0.5) is 0 Å². The molecular formula is C8H14ClNO2. The van der Waals surface area contributed by atoms with Gasteiger partial charge in [0, 0.05) is 18.1 Å². The van der Waals surface area contributed by atoms with Gasteiger partial charge in [-0.1, -0.05) is 18.2 Å². The molecule has 0 aromatic rings. The normalized spacial score (nSPS) is 9.50. The molecule has 0 aliphatic carbocycles. The van der Waals surface area contributed by atoms with Crippen LogP contribution in [0, 0.1) is 0 Å². The van der Waals surface area contributed by atoms with Crippen LogP contribution in [0.2, 0.25) is 0 Å². The molecule has 0 atom stereocenters. The van der Waals surface area contributed by atoms with Crippen LogP contribution in [0.5, 0.6) is 0 Å². The van der Waals surface area contributed by atoms with Crippen molar-refractivity contribution in [1.82, 2.24) is 5.32 Å². The highest BCUT2D eigenvalue weighted by Crippen LogP contribution is 1.92. The summed E-state index contributed by atoms with van der Waals surface area (Å²) >= 11 is 5.48. The van der Waals surface area contributed by atoms with Gasteiger partial charge in [-0.15, -0.1) is 0 Å². The summed E-state index contributed by atoms with van der Waals surface area (Å²) in [5.41, 5.74) is 0. The summed E-state index contributed by atoms with van der Waals surface area (Å²) in [4.78, 5) is 10.8. The Morgan fingerprint density at radius 1 is 1.67 bits per heavy atom. The van der Waals surface area contributed by atoms with Gasteiger partial charge in [0.05, 0.1) is 13.0 Å². The molecule has 0 aliphatic heterocycles. The van der Waals surface area contributed by atoms with Crippen LogP contribution in [0.15, 0.2) is 11.6 Å². The molecule has 0 heterocycles. The van der Waals surface area contributed by atoms with Gasteiger partial charge in [0.25, 0.3) is 0 Å². The molecule has 1 N–H and O–H groups in total. The molecule has 0 aromatic carbocycles. The van der Waals surface area contributed by atoms with E-state index < -0.39 is 0 Å². The molecule has 0 saturated carbocycles. The van der Waals surface area contributed by atoms with E-state index in [1.165, 1.54) is 0 Å². The van der Waals surface area contributed by atoms with Gasteiger partial charge in [-0.2, -0.15) is 0 Å². The number of halogens is 1. The monoisotopic (exact) mass is 191 g/mol. The lowest BCUT2D eigenvalue weighted by molar-refractivity contribution is -0.142. The van der Waals surface area contributed by atoms with Crippen molar-refractivity contribution < 1.29 is 9.53 Å². The smallest absolute Gasteiger partial charge is 0.307 e. The third kappa shape index (κ3) is 7.57.